The van der Waals surface area contributed by atoms with Crippen LogP contribution in [0.5, 0.6) is 0 Å². The zero-order valence-corrected chi connectivity index (χ0v) is 7.62. The van der Waals surface area contributed by atoms with Crippen LogP contribution in [-0.4, -0.2) is 35.0 Å². The van der Waals surface area contributed by atoms with Crippen LogP contribution in [0.4, 0.5) is 0 Å². The Kier molecular flexibility index (Phi) is 1.62. The van der Waals surface area contributed by atoms with Crippen LogP contribution < -0.4 is 0 Å². The van der Waals surface area contributed by atoms with Gasteiger partial charge in [-0.2, -0.15) is 0 Å². The Morgan fingerprint density at radius 1 is 1.54 bits per heavy atom. The molecule has 72 valence electrons. The Morgan fingerprint density at radius 2 is 2.23 bits per heavy atom. The van der Waals surface area contributed by atoms with Crippen molar-refractivity contribution in [3.63, 3.8) is 0 Å². The van der Waals surface area contributed by atoms with Gasteiger partial charge in [0.15, 0.2) is 0 Å². The predicted molar refractivity (Wildman–Crippen MR) is 45.0 cm³/mol. The molecule has 1 amide bonds. The lowest BCUT2D eigenvalue weighted by Crippen LogP contribution is -2.26. The first kappa shape index (κ1) is 8.53. The second kappa shape index (κ2) is 2.47. The highest BCUT2D eigenvalue weighted by Gasteiger charge is 2.61. The van der Waals surface area contributed by atoms with Gasteiger partial charge in [0.2, 0.25) is 5.91 Å². The summed E-state index contributed by atoms with van der Waals surface area (Å²) < 4.78 is 0. The molecule has 0 bridgehead atoms. The van der Waals surface area contributed by atoms with Gasteiger partial charge in [0, 0.05) is 25.4 Å². The van der Waals surface area contributed by atoms with E-state index in [1.54, 1.807) is 4.90 Å². The van der Waals surface area contributed by atoms with Crippen molar-refractivity contribution in [2.45, 2.75) is 19.8 Å². The lowest BCUT2D eigenvalue weighted by atomic mass is 10.0. The van der Waals surface area contributed by atoms with E-state index in [1.807, 2.05) is 0 Å². The molecule has 1 spiro atoms. The van der Waals surface area contributed by atoms with Crippen LogP contribution in [0, 0.1) is 11.3 Å². The molecule has 0 aromatic carbocycles. The average Bonchev–Trinajstić information content (AvgIpc) is 2.52. The smallest absolute Gasteiger partial charge is 0.307 e. The van der Waals surface area contributed by atoms with E-state index in [4.69, 9.17) is 5.11 Å². The molecule has 2 unspecified atom stereocenters. The molecule has 1 aliphatic carbocycles. The number of amides is 1. The van der Waals surface area contributed by atoms with Gasteiger partial charge in [-0.1, -0.05) is 0 Å². The first-order valence-corrected chi connectivity index (χ1v) is 4.53. The van der Waals surface area contributed by atoms with Crippen LogP contribution in [-0.2, 0) is 9.59 Å². The van der Waals surface area contributed by atoms with Gasteiger partial charge in [0.05, 0.1) is 5.92 Å². The molecular weight excluding hydrogens is 170 g/mol. The lowest BCUT2D eigenvalue weighted by Gasteiger charge is -2.13. The third-order valence-electron chi connectivity index (χ3n) is 3.32. The molecule has 4 nitrogen and oxygen atoms in total. The molecule has 1 saturated heterocycles. The molecule has 2 aliphatic rings. The second-order valence-corrected chi connectivity index (χ2v) is 4.15. The van der Waals surface area contributed by atoms with E-state index in [1.165, 1.54) is 6.92 Å². The first-order chi connectivity index (χ1) is 6.05. The summed E-state index contributed by atoms with van der Waals surface area (Å²) in [7, 11) is 0. The molecular formula is C9H13NO3. The maximum absolute atomic E-state index is 11.0. The number of hydrogen-bond donors (Lipinski definition) is 1. The van der Waals surface area contributed by atoms with Crippen molar-refractivity contribution in [2.24, 2.45) is 11.3 Å². The predicted octanol–water partition coefficient (Wildman–Crippen LogP) is 0.329. The molecule has 13 heavy (non-hydrogen) atoms. The van der Waals surface area contributed by atoms with Crippen LogP contribution in [0.2, 0.25) is 0 Å². The van der Waals surface area contributed by atoms with E-state index < -0.39 is 5.97 Å². The van der Waals surface area contributed by atoms with Crippen molar-refractivity contribution >= 4 is 11.9 Å². The van der Waals surface area contributed by atoms with Crippen LogP contribution in [0.1, 0.15) is 19.8 Å². The Hall–Kier alpha value is -1.06. The molecule has 2 fully saturated rings. The van der Waals surface area contributed by atoms with Gasteiger partial charge in [-0.05, 0) is 12.8 Å². The number of nitrogens with zero attached hydrogens (tertiary/aromatic N) is 1. The number of aliphatic carboxylic acids is 1. The van der Waals surface area contributed by atoms with Crippen LogP contribution in [0.15, 0.2) is 0 Å². The minimum atomic E-state index is -0.703. The Bertz CT molecular complexity index is 262. The van der Waals surface area contributed by atoms with Crippen LogP contribution >= 0.6 is 0 Å². The highest BCUT2D eigenvalue weighted by atomic mass is 16.4. The summed E-state index contributed by atoms with van der Waals surface area (Å²) >= 11 is 0. The minimum Gasteiger partial charge on any atom is -0.481 e. The molecule has 2 rings (SSSR count). The fourth-order valence-electron chi connectivity index (χ4n) is 2.31. The molecule has 4 heteroatoms. The maximum atomic E-state index is 11.0. The third-order valence-corrected chi connectivity index (χ3v) is 3.32. The topological polar surface area (TPSA) is 57.6 Å². The Labute approximate surface area is 76.5 Å². The minimum absolute atomic E-state index is 0.0580. The third kappa shape index (κ3) is 1.20. The molecule has 0 radical (unpaired) electrons. The highest BCUT2D eigenvalue weighted by molar-refractivity contribution is 5.77. The zero-order valence-electron chi connectivity index (χ0n) is 7.62. The van der Waals surface area contributed by atoms with E-state index in [2.05, 4.69) is 0 Å². The number of rotatable bonds is 1. The fraction of sp³-hybridized carbons (Fsp3) is 0.778. The number of likely N-dealkylation sites (tertiary alicyclic amines) is 1. The first-order valence-electron chi connectivity index (χ1n) is 4.53. The number of carboxylic acids is 1. The van der Waals surface area contributed by atoms with Crippen molar-refractivity contribution in [3.8, 4) is 0 Å². The molecule has 1 heterocycles. The number of carboxylic acid groups (broad SMARTS) is 1. The monoisotopic (exact) mass is 183 g/mol. The maximum Gasteiger partial charge on any atom is 0.307 e. The van der Waals surface area contributed by atoms with Crippen molar-refractivity contribution < 1.29 is 14.7 Å². The van der Waals surface area contributed by atoms with E-state index in [0.717, 1.165) is 19.4 Å². The average molecular weight is 183 g/mol. The van der Waals surface area contributed by atoms with E-state index in [-0.39, 0.29) is 17.2 Å². The van der Waals surface area contributed by atoms with Gasteiger partial charge in [0.1, 0.15) is 0 Å². The highest BCUT2D eigenvalue weighted by Crippen LogP contribution is 2.58. The van der Waals surface area contributed by atoms with Crippen LogP contribution in [0.25, 0.3) is 0 Å². The second-order valence-electron chi connectivity index (χ2n) is 4.15. The summed E-state index contributed by atoms with van der Waals surface area (Å²) in [5, 5.41) is 8.80. The number of carbonyl (C=O) groups is 2. The van der Waals surface area contributed by atoms with Gasteiger partial charge in [-0.3, -0.25) is 9.59 Å². The van der Waals surface area contributed by atoms with Crippen molar-refractivity contribution in [2.75, 3.05) is 13.1 Å². The number of carbonyl (C=O) groups excluding carboxylic acids is 1. The molecule has 1 saturated carbocycles. The van der Waals surface area contributed by atoms with Crippen molar-refractivity contribution in [1.82, 2.24) is 4.90 Å². The quantitative estimate of drug-likeness (QED) is 0.637. The molecule has 1 aliphatic heterocycles. The van der Waals surface area contributed by atoms with Crippen LogP contribution in [0.3, 0.4) is 0 Å². The Morgan fingerprint density at radius 3 is 2.62 bits per heavy atom. The standard InChI is InChI=1S/C9H13NO3/c1-6(11)10-3-2-9(5-10)4-7(9)8(12)13/h7H,2-5H2,1H3,(H,12,13). The van der Waals surface area contributed by atoms with E-state index in [0.29, 0.717) is 6.54 Å². The van der Waals surface area contributed by atoms with Gasteiger partial charge >= 0.3 is 5.97 Å². The van der Waals surface area contributed by atoms with E-state index in [9.17, 15) is 9.59 Å². The van der Waals surface area contributed by atoms with Crippen molar-refractivity contribution in [3.05, 3.63) is 0 Å². The Balaban J connectivity index is 2.00. The molecule has 2 atom stereocenters. The molecule has 1 N–H and O–H groups in total. The summed E-state index contributed by atoms with van der Waals surface area (Å²) in [4.78, 5) is 23.5. The van der Waals surface area contributed by atoms with Gasteiger partial charge in [-0.15, -0.1) is 0 Å². The molecule has 0 aromatic heterocycles. The summed E-state index contributed by atoms with van der Waals surface area (Å²) in [6, 6.07) is 0. The van der Waals surface area contributed by atoms with Gasteiger partial charge in [0.25, 0.3) is 0 Å². The summed E-state index contributed by atoms with van der Waals surface area (Å²) in [6.07, 6.45) is 1.62. The largest absolute Gasteiger partial charge is 0.481 e. The van der Waals surface area contributed by atoms with Gasteiger partial charge < -0.3 is 10.0 Å². The van der Waals surface area contributed by atoms with Gasteiger partial charge in [-0.25, -0.2) is 0 Å². The van der Waals surface area contributed by atoms with Crippen molar-refractivity contribution in [1.29, 1.82) is 0 Å². The summed E-state index contributed by atoms with van der Waals surface area (Å²) in [6.45, 7) is 2.93. The molecule has 0 aromatic rings. The summed E-state index contributed by atoms with van der Waals surface area (Å²) in [5.41, 5.74) is -0.0580. The van der Waals surface area contributed by atoms with E-state index >= 15 is 0 Å². The lowest BCUT2D eigenvalue weighted by molar-refractivity contribution is -0.139. The normalized spacial score (nSPS) is 36.7. The number of hydrogen-bond acceptors (Lipinski definition) is 2. The summed E-state index contributed by atoms with van der Waals surface area (Å²) in [5.74, 6) is -0.838. The fourth-order valence-corrected chi connectivity index (χ4v) is 2.31. The SMILES string of the molecule is CC(=O)N1CCC2(CC2C(=O)O)C1. The zero-order chi connectivity index (χ0) is 9.64.